The first kappa shape index (κ1) is 15.1. The normalized spacial score (nSPS) is 12.5. The minimum absolute atomic E-state index is 0.00747. The van der Waals surface area contributed by atoms with E-state index in [9.17, 15) is 0 Å². The minimum atomic E-state index is -0.00747. The van der Waals surface area contributed by atoms with Gasteiger partial charge in [-0.1, -0.05) is 53.9 Å². The molecule has 0 aliphatic heterocycles. The van der Waals surface area contributed by atoms with E-state index < -0.39 is 0 Å². The van der Waals surface area contributed by atoms with E-state index in [4.69, 9.17) is 23.2 Å². The molecule has 1 atom stereocenters. The first-order valence-electron chi connectivity index (χ1n) is 7.20. The van der Waals surface area contributed by atoms with Gasteiger partial charge in [-0.15, -0.1) is 5.10 Å². The van der Waals surface area contributed by atoms with Crippen LogP contribution in [0.15, 0.2) is 42.5 Å². The molecule has 0 fully saturated rings. The van der Waals surface area contributed by atoms with Gasteiger partial charge in [-0.3, -0.25) is 0 Å². The molecule has 0 amide bonds. The van der Waals surface area contributed by atoms with Gasteiger partial charge in [-0.2, -0.15) is 0 Å². The number of rotatable bonds is 5. The molecule has 1 heterocycles. The Morgan fingerprint density at radius 3 is 2.59 bits per heavy atom. The van der Waals surface area contributed by atoms with E-state index in [-0.39, 0.29) is 6.17 Å². The molecule has 0 saturated heterocycles. The van der Waals surface area contributed by atoms with Crippen LogP contribution >= 0.6 is 23.2 Å². The molecule has 2 aromatic carbocycles. The summed E-state index contributed by atoms with van der Waals surface area (Å²) >= 11 is 12.1. The maximum atomic E-state index is 6.07. The molecule has 22 heavy (non-hydrogen) atoms. The lowest BCUT2D eigenvalue weighted by atomic mass is 10.2. The highest BCUT2D eigenvalue weighted by Crippen LogP contribution is 2.27. The fourth-order valence-corrected chi connectivity index (χ4v) is 3.00. The molecule has 1 aromatic heterocycles. The van der Waals surface area contributed by atoms with E-state index in [1.165, 1.54) is 0 Å². The van der Waals surface area contributed by atoms with Gasteiger partial charge in [0.1, 0.15) is 11.7 Å². The highest BCUT2D eigenvalue weighted by atomic mass is 35.5. The van der Waals surface area contributed by atoms with E-state index in [1.807, 2.05) is 41.1 Å². The highest BCUT2D eigenvalue weighted by Gasteiger charge is 2.15. The van der Waals surface area contributed by atoms with E-state index in [0.717, 1.165) is 29.6 Å². The topological polar surface area (TPSA) is 42.7 Å². The van der Waals surface area contributed by atoms with Crippen LogP contribution in [0.25, 0.3) is 11.0 Å². The Labute approximate surface area is 139 Å². The van der Waals surface area contributed by atoms with Crippen LogP contribution in [0.5, 0.6) is 0 Å². The molecular formula is C16H16Cl2N4. The van der Waals surface area contributed by atoms with Crippen LogP contribution in [0, 0.1) is 0 Å². The molecular weight excluding hydrogens is 319 g/mol. The molecule has 0 saturated carbocycles. The smallest absolute Gasteiger partial charge is 0.123 e. The summed E-state index contributed by atoms with van der Waals surface area (Å²) in [6.07, 6.45) is 1.92. The Bertz CT molecular complexity index is 764. The van der Waals surface area contributed by atoms with Crippen molar-refractivity contribution >= 4 is 39.9 Å². The third kappa shape index (κ3) is 3.18. The molecule has 114 valence electrons. The zero-order valence-electron chi connectivity index (χ0n) is 12.1. The van der Waals surface area contributed by atoms with Crippen LogP contribution in [-0.2, 0) is 0 Å². The number of para-hydroxylation sites is 1. The minimum Gasteiger partial charge on any atom is -0.364 e. The van der Waals surface area contributed by atoms with Crippen molar-refractivity contribution in [2.45, 2.75) is 25.9 Å². The monoisotopic (exact) mass is 334 g/mol. The summed E-state index contributed by atoms with van der Waals surface area (Å²) < 4.78 is 1.91. The van der Waals surface area contributed by atoms with Crippen LogP contribution in [-0.4, -0.2) is 15.0 Å². The van der Waals surface area contributed by atoms with Crippen molar-refractivity contribution in [3.05, 3.63) is 52.5 Å². The van der Waals surface area contributed by atoms with Crippen LogP contribution < -0.4 is 5.32 Å². The third-order valence-corrected chi connectivity index (χ3v) is 3.87. The van der Waals surface area contributed by atoms with Gasteiger partial charge in [0.05, 0.1) is 5.52 Å². The fourth-order valence-electron chi connectivity index (χ4n) is 2.48. The van der Waals surface area contributed by atoms with Crippen LogP contribution in [0.2, 0.25) is 10.0 Å². The lowest BCUT2D eigenvalue weighted by Crippen LogP contribution is -2.19. The number of halogens is 2. The maximum absolute atomic E-state index is 6.07. The summed E-state index contributed by atoms with van der Waals surface area (Å²) in [4.78, 5) is 0. The summed E-state index contributed by atoms with van der Waals surface area (Å²) in [5.74, 6) is 0. The zero-order valence-corrected chi connectivity index (χ0v) is 13.6. The Kier molecular flexibility index (Phi) is 4.50. The Morgan fingerprint density at radius 2 is 1.86 bits per heavy atom. The van der Waals surface area contributed by atoms with Crippen LogP contribution in [0.1, 0.15) is 25.9 Å². The molecule has 6 heteroatoms. The number of nitrogens with zero attached hydrogens (tertiary/aromatic N) is 3. The number of hydrogen-bond donors (Lipinski definition) is 1. The number of anilines is 1. The molecule has 0 spiro atoms. The van der Waals surface area contributed by atoms with Crippen molar-refractivity contribution in [3.8, 4) is 0 Å². The average Bonchev–Trinajstić information content (AvgIpc) is 2.89. The molecule has 1 unspecified atom stereocenters. The van der Waals surface area contributed by atoms with E-state index in [0.29, 0.717) is 10.0 Å². The SMILES string of the molecule is CCCC(Nc1cc(Cl)cc(Cl)c1)n1nnc2ccccc21. The van der Waals surface area contributed by atoms with Crippen molar-refractivity contribution in [1.82, 2.24) is 15.0 Å². The predicted octanol–water partition coefficient (Wildman–Crippen LogP) is 5.15. The maximum Gasteiger partial charge on any atom is 0.123 e. The van der Waals surface area contributed by atoms with Gasteiger partial charge in [0.15, 0.2) is 0 Å². The standard InChI is InChI=1S/C16H16Cl2N4/c1-2-5-16(19-13-9-11(17)8-12(18)10-13)22-15-7-4-3-6-14(15)20-21-22/h3-4,6-10,16,19H,2,5H2,1H3. The fraction of sp³-hybridized carbons (Fsp3) is 0.250. The van der Waals surface area contributed by atoms with Crippen molar-refractivity contribution in [2.24, 2.45) is 0 Å². The number of benzene rings is 2. The summed E-state index contributed by atoms with van der Waals surface area (Å²) in [7, 11) is 0. The van der Waals surface area contributed by atoms with Gasteiger partial charge in [0.25, 0.3) is 0 Å². The summed E-state index contributed by atoms with van der Waals surface area (Å²) in [5.41, 5.74) is 2.76. The van der Waals surface area contributed by atoms with Gasteiger partial charge in [-0.25, -0.2) is 4.68 Å². The summed E-state index contributed by atoms with van der Waals surface area (Å²) in [5, 5.41) is 13.2. The zero-order chi connectivity index (χ0) is 15.5. The third-order valence-electron chi connectivity index (χ3n) is 3.43. The average molecular weight is 335 g/mol. The lowest BCUT2D eigenvalue weighted by molar-refractivity contribution is 0.467. The van der Waals surface area contributed by atoms with Gasteiger partial charge in [0, 0.05) is 15.7 Å². The molecule has 1 N–H and O–H groups in total. The second-order valence-electron chi connectivity index (χ2n) is 5.13. The Hall–Kier alpha value is -1.78. The predicted molar refractivity (Wildman–Crippen MR) is 91.6 cm³/mol. The molecule has 0 radical (unpaired) electrons. The lowest BCUT2D eigenvalue weighted by Gasteiger charge is -2.20. The van der Waals surface area contributed by atoms with E-state index >= 15 is 0 Å². The Morgan fingerprint density at radius 1 is 1.14 bits per heavy atom. The number of fused-ring (bicyclic) bond motifs is 1. The number of aromatic nitrogens is 3. The van der Waals surface area contributed by atoms with Gasteiger partial charge >= 0.3 is 0 Å². The van der Waals surface area contributed by atoms with E-state index in [1.54, 1.807) is 6.07 Å². The molecule has 3 aromatic rings. The van der Waals surface area contributed by atoms with Gasteiger partial charge < -0.3 is 5.32 Å². The van der Waals surface area contributed by atoms with E-state index in [2.05, 4.69) is 22.6 Å². The molecule has 3 rings (SSSR count). The van der Waals surface area contributed by atoms with Crippen molar-refractivity contribution < 1.29 is 0 Å². The second kappa shape index (κ2) is 6.55. The van der Waals surface area contributed by atoms with Crippen molar-refractivity contribution in [3.63, 3.8) is 0 Å². The largest absolute Gasteiger partial charge is 0.364 e. The number of nitrogens with one attached hydrogen (secondary N) is 1. The molecule has 4 nitrogen and oxygen atoms in total. The quantitative estimate of drug-likeness (QED) is 0.701. The van der Waals surface area contributed by atoms with Crippen LogP contribution in [0.3, 0.4) is 0 Å². The Balaban J connectivity index is 1.95. The molecule has 0 aliphatic carbocycles. The first-order chi connectivity index (χ1) is 10.7. The van der Waals surface area contributed by atoms with Gasteiger partial charge in [-0.05, 0) is 36.8 Å². The molecule has 0 bridgehead atoms. The summed E-state index contributed by atoms with van der Waals surface area (Å²) in [6.45, 7) is 2.14. The summed E-state index contributed by atoms with van der Waals surface area (Å²) in [6, 6.07) is 13.4. The second-order valence-corrected chi connectivity index (χ2v) is 6.00. The van der Waals surface area contributed by atoms with Gasteiger partial charge in [0.2, 0.25) is 0 Å². The van der Waals surface area contributed by atoms with Crippen LogP contribution in [0.4, 0.5) is 5.69 Å². The molecule has 0 aliphatic rings. The first-order valence-corrected chi connectivity index (χ1v) is 7.95. The number of hydrogen-bond acceptors (Lipinski definition) is 3. The highest BCUT2D eigenvalue weighted by molar-refractivity contribution is 6.35. The van der Waals surface area contributed by atoms with Crippen molar-refractivity contribution in [1.29, 1.82) is 0 Å². The van der Waals surface area contributed by atoms with Crippen molar-refractivity contribution in [2.75, 3.05) is 5.32 Å².